The molecule has 1 aliphatic rings. The third-order valence-electron chi connectivity index (χ3n) is 4.94. The molecule has 1 aliphatic heterocycles. The van der Waals surface area contributed by atoms with E-state index >= 15 is 0 Å². The summed E-state index contributed by atoms with van der Waals surface area (Å²) in [7, 11) is 0. The Kier molecular flexibility index (Phi) is 7.06. The Morgan fingerprint density at radius 3 is 2.52 bits per heavy atom. The Morgan fingerprint density at radius 2 is 1.94 bits per heavy atom. The molecular weight excluding hydrogens is 473 g/mol. The van der Waals surface area contributed by atoms with Gasteiger partial charge in [0.1, 0.15) is 10.8 Å². The largest absolute Gasteiger partial charge is 0.444 e. The number of aromatic nitrogens is 3. The zero-order valence-electron chi connectivity index (χ0n) is 18.0. The molecular formula is C20H23ClF5N5O2. The number of nitrogens with one attached hydrogen (secondary N) is 1. The first-order valence-corrected chi connectivity index (χ1v) is 10.4. The second-order valence-electron chi connectivity index (χ2n) is 8.73. The van der Waals surface area contributed by atoms with Gasteiger partial charge in [-0.25, -0.2) is 14.5 Å². The quantitative estimate of drug-likeness (QED) is 0.462. The van der Waals surface area contributed by atoms with E-state index in [4.69, 9.17) is 16.3 Å². The van der Waals surface area contributed by atoms with Gasteiger partial charge >= 0.3 is 18.8 Å². The summed E-state index contributed by atoms with van der Waals surface area (Å²) in [5, 5.41) is 6.09. The van der Waals surface area contributed by atoms with Crippen molar-refractivity contribution in [1.29, 1.82) is 0 Å². The van der Waals surface area contributed by atoms with Crippen LogP contribution in [-0.4, -0.2) is 51.8 Å². The van der Waals surface area contributed by atoms with Gasteiger partial charge in [0.25, 0.3) is 0 Å². The van der Waals surface area contributed by atoms with E-state index in [1.54, 1.807) is 20.8 Å². The third-order valence-corrected chi connectivity index (χ3v) is 5.14. The number of carbonyl (C=O) groups is 1. The van der Waals surface area contributed by atoms with Gasteiger partial charge < -0.3 is 15.0 Å². The number of amides is 1. The maximum atomic E-state index is 13.7. The summed E-state index contributed by atoms with van der Waals surface area (Å²) >= 11 is 6.01. The molecule has 13 heteroatoms. The molecule has 0 radical (unpaired) electrons. The van der Waals surface area contributed by atoms with Crippen molar-refractivity contribution >= 4 is 23.4 Å². The maximum Gasteiger partial charge on any atom is 0.407 e. The number of hydrogen-bond donors (Lipinski definition) is 1. The van der Waals surface area contributed by atoms with Crippen molar-refractivity contribution < 1.29 is 31.5 Å². The van der Waals surface area contributed by atoms with E-state index in [-0.39, 0.29) is 34.9 Å². The SMILES string of the molecule is CC(C)(C)OC(=O)N[C@H]1C[C@@H](C(F)(F)F)CN(c2cc(Cl)ncc2-c2cnn(C(F)F)c2)C1. The molecule has 3 heterocycles. The van der Waals surface area contributed by atoms with E-state index in [2.05, 4.69) is 15.4 Å². The highest BCUT2D eigenvalue weighted by Crippen LogP contribution is 2.39. The molecule has 0 unspecified atom stereocenters. The van der Waals surface area contributed by atoms with Gasteiger partial charge in [0.2, 0.25) is 0 Å². The number of nitrogens with zero attached hydrogens (tertiary/aromatic N) is 4. The number of hydrogen-bond acceptors (Lipinski definition) is 5. The number of alkyl carbamates (subject to hydrolysis) is 1. The molecule has 0 saturated carbocycles. The number of alkyl halides is 5. The Balaban J connectivity index is 1.94. The van der Waals surface area contributed by atoms with E-state index in [1.807, 2.05) is 0 Å². The molecule has 2 aromatic heterocycles. The van der Waals surface area contributed by atoms with Gasteiger partial charge in [0.15, 0.2) is 0 Å². The average Bonchev–Trinajstić information content (AvgIpc) is 3.15. The number of halogens is 6. The van der Waals surface area contributed by atoms with Crippen molar-refractivity contribution in [3.05, 3.63) is 29.8 Å². The highest BCUT2D eigenvalue weighted by atomic mass is 35.5. The lowest BCUT2D eigenvalue weighted by molar-refractivity contribution is -0.177. The van der Waals surface area contributed by atoms with Crippen molar-refractivity contribution in [1.82, 2.24) is 20.1 Å². The predicted molar refractivity (Wildman–Crippen MR) is 111 cm³/mol. The Hall–Kier alpha value is -2.63. The van der Waals surface area contributed by atoms with Crippen LogP contribution in [-0.2, 0) is 4.74 Å². The number of piperidine rings is 1. The minimum absolute atomic E-state index is 0.0146. The van der Waals surface area contributed by atoms with Crippen LogP contribution in [0.3, 0.4) is 0 Å². The van der Waals surface area contributed by atoms with Gasteiger partial charge in [0, 0.05) is 42.3 Å². The smallest absolute Gasteiger partial charge is 0.407 e. The summed E-state index contributed by atoms with van der Waals surface area (Å²) in [4.78, 5) is 17.5. The van der Waals surface area contributed by atoms with Crippen molar-refractivity contribution in [3.63, 3.8) is 0 Å². The molecule has 0 aromatic carbocycles. The van der Waals surface area contributed by atoms with Crippen LogP contribution in [0.4, 0.5) is 32.4 Å². The van der Waals surface area contributed by atoms with Crippen LogP contribution in [0, 0.1) is 5.92 Å². The number of ether oxygens (including phenoxy) is 1. The van der Waals surface area contributed by atoms with Gasteiger partial charge in [-0.1, -0.05) is 11.6 Å². The average molecular weight is 496 g/mol. The highest BCUT2D eigenvalue weighted by Gasteiger charge is 2.45. The van der Waals surface area contributed by atoms with Crippen LogP contribution in [0.25, 0.3) is 11.1 Å². The van der Waals surface area contributed by atoms with Gasteiger partial charge in [0.05, 0.1) is 18.2 Å². The van der Waals surface area contributed by atoms with E-state index in [0.29, 0.717) is 4.68 Å². The van der Waals surface area contributed by atoms with Crippen molar-refractivity contribution in [2.24, 2.45) is 5.92 Å². The van der Waals surface area contributed by atoms with Gasteiger partial charge in [-0.3, -0.25) is 0 Å². The molecule has 0 spiro atoms. The number of rotatable bonds is 4. The van der Waals surface area contributed by atoms with E-state index in [1.165, 1.54) is 23.4 Å². The standard InChI is InChI=1S/C20H23ClF5N5O2/c1-19(2,3)33-18(32)29-13-4-12(20(24,25)26)9-30(10-13)15-5-16(21)27-7-14(15)11-6-28-31(8-11)17(22)23/h5-8,12-13,17H,4,9-10H2,1-3H3,(H,29,32)/t12-,13+/m1/s1. The van der Waals surface area contributed by atoms with Crippen LogP contribution >= 0.6 is 11.6 Å². The van der Waals surface area contributed by atoms with Crippen molar-refractivity contribution in [2.75, 3.05) is 18.0 Å². The molecule has 1 saturated heterocycles. The molecule has 2 atom stereocenters. The second kappa shape index (κ2) is 9.32. The van der Waals surface area contributed by atoms with Gasteiger partial charge in [-0.05, 0) is 33.3 Å². The first-order chi connectivity index (χ1) is 15.2. The van der Waals surface area contributed by atoms with Crippen LogP contribution in [0.1, 0.15) is 33.7 Å². The summed E-state index contributed by atoms with van der Waals surface area (Å²) in [5.41, 5.74) is -0.0439. The van der Waals surface area contributed by atoms with Crippen LogP contribution < -0.4 is 10.2 Å². The number of anilines is 1. The van der Waals surface area contributed by atoms with E-state index in [9.17, 15) is 26.7 Å². The van der Waals surface area contributed by atoms with E-state index < -0.39 is 42.9 Å². The van der Waals surface area contributed by atoms with Crippen LogP contribution in [0.5, 0.6) is 0 Å². The molecule has 33 heavy (non-hydrogen) atoms. The summed E-state index contributed by atoms with van der Waals surface area (Å²) < 4.78 is 72.6. The first-order valence-electron chi connectivity index (χ1n) is 10.0. The maximum absolute atomic E-state index is 13.7. The Labute approximate surface area is 191 Å². The summed E-state index contributed by atoms with van der Waals surface area (Å²) in [6.45, 7) is 1.65. The van der Waals surface area contributed by atoms with Gasteiger partial charge in [-0.2, -0.15) is 27.1 Å². The van der Waals surface area contributed by atoms with Crippen LogP contribution in [0.2, 0.25) is 5.15 Å². The molecule has 1 amide bonds. The fraction of sp³-hybridized carbons (Fsp3) is 0.550. The normalized spacial score (nSPS) is 19.6. The molecule has 7 nitrogen and oxygen atoms in total. The molecule has 1 fully saturated rings. The van der Waals surface area contributed by atoms with Crippen molar-refractivity contribution in [3.8, 4) is 11.1 Å². The first kappa shape index (κ1) is 25.0. The molecule has 2 aromatic rings. The van der Waals surface area contributed by atoms with E-state index in [0.717, 1.165) is 6.20 Å². The second-order valence-corrected chi connectivity index (χ2v) is 9.12. The number of carbonyl (C=O) groups excluding carboxylic acids is 1. The summed E-state index contributed by atoms with van der Waals surface area (Å²) in [6.07, 6.45) is -2.16. The molecule has 182 valence electrons. The fourth-order valence-corrected chi connectivity index (χ4v) is 3.75. The lowest BCUT2D eigenvalue weighted by atomic mass is 9.92. The summed E-state index contributed by atoms with van der Waals surface area (Å²) in [6, 6.07) is 0.476. The zero-order chi connectivity index (χ0) is 24.6. The fourth-order valence-electron chi connectivity index (χ4n) is 3.60. The molecule has 0 bridgehead atoms. The third kappa shape index (κ3) is 6.46. The van der Waals surface area contributed by atoms with Crippen molar-refractivity contribution in [2.45, 2.75) is 51.6 Å². The monoisotopic (exact) mass is 495 g/mol. The number of pyridine rings is 1. The summed E-state index contributed by atoms with van der Waals surface area (Å²) in [5.74, 6) is -1.75. The lowest BCUT2D eigenvalue weighted by Crippen LogP contribution is -2.54. The Bertz CT molecular complexity index is 992. The predicted octanol–water partition coefficient (Wildman–Crippen LogP) is 5.28. The molecule has 0 aliphatic carbocycles. The lowest BCUT2D eigenvalue weighted by Gasteiger charge is -2.40. The highest BCUT2D eigenvalue weighted by molar-refractivity contribution is 6.29. The zero-order valence-corrected chi connectivity index (χ0v) is 18.8. The Morgan fingerprint density at radius 1 is 1.24 bits per heavy atom. The molecule has 3 rings (SSSR count). The van der Waals surface area contributed by atoms with Gasteiger partial charge in [-0.15, -0.1) is 0 Å². The minimum Gasteiger partial charge on any atom is -0.444 e. The molecule has 1 N–H and O–H groups in total. The topological polar surface area (TPSA) is 72.3 Å². The minimum atomic E-state index is -4.52. The van der Waals surface area contributed by atoms with Crippen LogP contribution in [0.15, 0.2) is 24.7 Å².